The Labute approximate surface area is 185 Å². The van der Waals surface area contributed by atoms with Crippen molar-refractivity contribution in [1.29, 1.82) is 0 Å². The molecule has 0 saturated carbocycles. The largest absolute Gasteiger partial charge is 0.490 e. The fourth-order valence-electron chi connectivity index (χ4n) is 3.99. The van der Waals surface area contributed by atoms with Gasteiger partial charge in [-0.3, -0.25) is 9.59 Å². The molecule has 1 aliphatic rings. The van der Waals surface area contributed by atoms with Gasteiger partial charge >= 0.3 is 0 Å². The summed E-state index contributed by atoms with van der Waals surface area (Å²) in [6.07, 6.45) is 5.47. The van der Waals surface area contributed by atoms with Gasteiger partial charge in [-0.1, -0.05) is 68.5 Å². The van der Waals surface area contributed by atoms with Crippen LogP contribution in [-0.4, -0.2) is 35.9 Å². The summed E-state index contributed by atoms with van der Waals surface area (Å²) in [5, 5.41) is 3.19. The standard InChI is InChI=1S/C26H32N2O3/c1-18(2)24-25(29)27-22(20-13-6-5-7-14-20)16-10-8-12-19(3)31-23-17-11-9-15-21(23)26(30)28(24)4/h5-11,13-15,17-19,22,24H,12,16H2,1-4H3,(H,27,29)/b10-8+/t19-,22-,24+/m1/s1. The average molecular weight is 421 g/mol. The molecule has 1 aliphatic heterocycles. The van der Waals surface area contributed by atoms with E-state index in [1.54, 1.807) is 13.1 Å². The van der Waals surface area contributed by atoms with Gasteiger partial charge in [0.15, 0.2) is 0 Å². The van der Waals surface area contributed by atoms with Gasteiger partial charge in [0.25, 0.3) is 5.91 Å². The Morgan fingerprint density at radius 1 is 0.968 bits per heavy atom. The summed E-state index contributed by atoms with van der Waals surface area (Å²) in [5.74, 6) is 0.112. The lowest BCUT2D eigenvalue weighted by atomic mass is 9.98. The van der Waals surface area contributed by atoms with Gasteiger partial charge in [-0.2, -0.15) is 0 Å². The van der Waals surface area contributed by atoms with Gasteiger partial charge in [-0.15, -0.1) is 0 Å². The Balaban J connectivity index is 1.99. The van der Waals surface area contributed by atoms with Crippen molar-refractivity contribution in [3.8, 4) is 5.75 Å². The van der Waals surface area contributed by atoms with Gasteiger partial charge in [-0.05, 0) is 37.0 Å². The fourth-order valence-corrected chi connectivity index (χ4v) is 3.99. The SMILES string of the molecule is CC(C)[C@H]1C(=O)N[C@@H](c2ccccc2)C/C=C/C[C@@H](C)Oc2ccccc2C(=O)N1C. The molecule has 0 bridgehead atoms. The molecule has 2 aromatic carbocycles. The van der Waals surface area contributed by atoms with Crippen LogP contribution in [0.2, 0.25) is 0 Å². The summed E-state index contributed by atoms with van der Waals surface area (Å²) in [5.41, 5.74) is 1.51. The van der Waals surface area contributed by atoms with Gasteiger partial charge < -0.3 is 15.0 Å². The lowest BCUT2D eigenvalue weighted by Crippen LogP contribution is -2.51. The molecule has 0 spiro atoms. The summed E-state index contributed by atoms with van der Waals surface area (Å²) in [6.45, 7) is 5.91. The van der Waals surface area contributed by atoms with Crippen molar-refractivity contribution in [2.24, 2.45) is 5.92 Å². The van der Waals surface area contributed by atoms with Crippen molar-refractivity contribution in [3.63, 3.8) is 0 Å². The number of amides is 2. The molecule has 2 amide bonds. The summed E-state index contributed by atoms with van der Waals surface area (Å²) < 4.78 is 6.09. The van der Waals surface area contributed by atoms with Gasteiger partial charge in [0.1, 0.15) is 11.8 Å². The van der Waals surface area contributed by atoms with Gasteiger partial charge in [0.05, 0.1) is 17.7 Å². The molecule has 1 heterocycles. The highest BCUT2D eigenvalue weighted by atomic mass is 16.5. The summed E-state index contributed by atoms with van der Waals surface area (Å²) in [6, 6.07) is 16.4. The van der Waals surface area contributed by atoms with E-state index in [1.807, 2.05) is 69.3 Å². The van der Waals surface area contributed by atoms with Crippen LogP contribution in [-0.2, 0) is 4.79 Å². The van der Waals surface area contributed by atoms with Gasteiger partial charge in [0.2, 0.25) is 5.91 Å². The summed E-state index contributed by atoms with van der Waals surface area (Å²) in [7, 11) is 1.69. The normalized spacial score (nSPS) is 24.0. The van der Waals surface area contributed by atoms with E-state index in [2.05, 4.69) is 17.5 Å². The molecule has 31 heavy (non-hydrogen) atoms. The van der Waals surface area contributed by atoms with Crippen LogP contribution < -0.4 is 10.1 Å². The van der Waals surface area contributed by atoms with Crippen molar-refractivity contribution in [2.75, 3.05) is 7.05 Å². The molecular formula is C26H32N2O3. The first kappa shape index (κ1) is 22.6. The van der Waals surface area contributed by atoms with Gasteiger partial charge in [0, 0.05) is 13.5 Å². The zero-order valence-corrected chi connectivity index (χ0v) is 18.7. The second kappa shape index (κ2) is 10.3. The number of carbonyl (C=O) groups excluding carboxylic acids is 2. The fraction of sp³-hybridized carbons (Fsp3) is 0.385. The molecule has 2 aromatic rings. The predicted octanol–water partition coefficient (Wildman–Crippen LogP) is 4.76. The second-order valence-electron chi connectivity index (χ2n) is 8.44. The predicted molar refractivity (Wildman–Crippen MR) is 123 cm³/mol. The highest BCUT2D eigenvalue weighted by Gasteiger charge is 2.33. The highest BCUT2D eigenvalue weighted by molar-refractivity contribution is 5.99. The van der Waals surface area contributed by atoms with Crippen LogP contribution in [0.25, 0.3) is 0 Å². The van der Waals surface area contributed by atoms with Crippen molar-refractivity contribution in [3.05, 3.63) is 77.9 Å². The molecule has 0 unspecified atom stereocenters. The Kier molecular flexibility index (Phi) is 7.50. The third kappa shape index (κ3) is 5.54. The number of rotatable bonds is 2. The van der Waals surface area contributed by atoms with E-state index < -0.39 is 6.04 Å². The molecule has 0 aliphatic carbocycles. The smallest absolute Gasteiger partial charge is 0.258 e. The number of benzene rings is 2. The maximum atomic E-state index is 13.4. The quantitative estimate of drug-likeness (QED) is 0.713. The van der Waals surface area contributed by atoms with E-state index in [1.165, 1.54) is 4.90 Å². The lowest BCUT2D eigenvalue weighted by molar-refractivity contribution is -0.127. The number of likely N-dealkylation sites (N-methyl/N-ethyl adjacent to an activating group) is 1. The number of hydrogen-bond acceptors (Lipinski definition) is 3. The number of carbonyl (C=O) groups is 2. The Bertz CT molecular complexity index is 923. The number of nitrogens with one attached hydrogen (secondary N) is 1. The number of fused-ring (bicyclic) bond motifs is 1. The van der Waals surface area contributed by atoms with Crippen molar-refractivity contribution in [1.82, 2.24) is 10.2 Å². The summed E-state index contributed by atoms with van der Waals surface area (Å²) >= 11 is 0. The van der Waals surface area contributed by atoms with Crippen LogP contribution >= 0.6 is 0 Å². The molecule has 0 fully saturated rings. The third-order valence-electron chi connectivity index (χ3n) is 5.61. The Hall–Kier alpha value is -3.08. The first-order chi connectivity index (χ1) is 14.9. The highest BCUT2D eigenvalue weighted by Crippen LogP contribution is 2.25. The lowest BCUT2D eigenvalue weighted by Gasteiger charge is -2.32. The maximum absolute atomic E-state index is 13.4. The van der Waals surface area contributed by atoms with Crippen LogP contribution in [0.5, 0.6) is 5.75 Å². The number of ether oxygens (including phenoxy) is 1. The molecule has 164 valence electrons. The maximum Gasteiger partial charge on any atom is 0.258 e. The second-order valence-corrected chi connectivity index (χ2v) is 8.44. The first-order valence-electron chi connectivity index (χ1n) is 10.9. The van der Waals surface area contributed by atoms with Crippen LogP contribution in [0.4, 0.5) is 0 Å². The zero-order valence-electron chi connectivity index (χ0n) is 18.7. The minimum atomic E-state index is -0.601. The monoisotopic (exact) mass is 420 g/mol. The van der Waals surface area contributed by atoms with E-state index in [4.69, 9.17) is 4.74 Å². The zero-order chi connectivity index (χ0) is 22.4. The van der Waals surface area contributed by atoms with E-state index in [0.717, 1.165) is 5.56 Å². The van der Waals surface area contributed by atoms with E-state index >= 15 is 0 Å². The van der Waals surface area contributed by atoms with Crippen molar-refractivity contribution >= 4 is 11.8 Å². The average Bonchev–Trinajstić information content (AvgIpc) is 2.75. The molecule has 1 N–H and O–H groups in total. The third-order valence-corrected chi connectivity index (χ3v) is 5.61. The van der Waals surface area contributed by atoms with E-state index in [0.29, 0.717) is 24.2 Å². The summed E-state index contributed by atoms with van der Waals surface area (Å²) in [4.78, 5) is 28.3. The molecule has 5 heteroatoms. The first-order valence-corrected chi connectivity index (χ1v) is 10.9. The van der Waals surface area contributed by atoms with Crippen molar-refractivity contribution < 1.29 is 14.3 Å². The minimum absolute atomic E-state index is 0.0548. The molecule has 0 radical (unpaired) electrons. The van der Waals surface area contributed by atoms with E-state index in [9.17, 15) is 9.59 Å². The van der Waals surface area contributed by atoms with E-state index in [-0.39, 0.29) is 29.9 Å². The number of hydrogen-bond donors (Lipinski definition) is 1. The molecular weight excluding hydrogens is 388 g/mol. The topological polar surface area (TPSA) is 58.6 Å². The minimum Gasteiger partial charge on any atom is -0.490 e. The molecule has 0 aromatic heterocycles. The van der Waals surface area contributed by atoms with Gasteiger partial charge in [-0.25, -0.2) is 0 Å². The molecule has 3 atom stereocenters. The number of para-hydroxylation sites is 1. The number of nitrogens with zero attached hydrogens (tertiary/aromatic N) is 1. The van der Waals surface area contributed by atoms with Crippen molar-refractivity contribution in [2.45, 2.75) is 51.8 Å². The molecule has 0 saturated heterocycles. The van der Waals surface area contributed by atoms with Crippen LogP contribution in [0.3, 0.4) is 0 Å². The van der Waals surface area contributed by atoms with Crippen LogP contribution in [0.1, 0.15) is 55.6 Å². The molecule has 5 nitrogen and oxygen atoms in total. The van der Waals surface area contributed by atoms with Crippen LogP contribution in [0, 0.1) is 5.92 Å². The van der Waals surface area contributed by atoms with Crippen LogP contribution in [0.15, 0.2) is 66.7 Å². The molecule has 3 rings (SSSR count). The Morgan fingerprint density at radius 3 is 2.32 bits per heavy atom. The Morgan fingerprint density at radius 2 is 1.61 bits per heavy atom.